The topological polar surface area (TPSA) is 61.7 Å². The molecule has 3 N–H and O–H groups in total. The first-order valence-corrected chi connectivity index (χ1v) is 5.95. The Morgan fingerprint density at radius 3 is 2.76 bits per heavy atom. The fourth-order valence-corrected chi connectivity index (χ4v) is 1.84. The molecule has 1 aromatic rings. The molecule has 1 fully saturated rings. The van der Waals surface area contributed by atoms with Crippen molar-refractivity contribution < 1.29 is 14.9 Å². The third kappa shape index (κ3) is 3.11. The van der Waals surface area contributed by atoms with Gasteiger partial charge >= 0.3 is 0 Å². The summed E-state index contributed by atoms with van der Waals surface area (Å²) in [6.07, 6.45) is 2.55. The van der Waals surface area contributed by atoms with Crippen LogP contribution in [0, 0.1) is 5.92 Å². The minimum absolute atomic E-state index is 0.0263. The maximum Gasteiger partial charge on any atom is 0.160 e. The first-order chi connectivity index (χ1) is 8.24. The number of aromatic hydroxyl groups is 1. The molecule has 0 saturated heterocycles. The van der Waals surface area contributed by atoms with E-state index in [0.717, 1.165) is 18.0 Å². The van der Waals surface area contributed by atoms with Crippen molar-refractivity contribution in [1.29, 1.82) is 0 Å². The van der Waals surface area contributed by atoms with Gasteiger partial charge in [0, 0.05) is 0 Å². The molecule has 1 aromatic carbocycles. The van der Waals surface area contributed by atoms with E-state index in [-0.39, 0.29) is 18.4 Å². The number of hydrogen-bond acceptors (Lipinski definition) is 4. The van der Waals surface area contributed by atoms with Gasteiger partial charge in [-0.2, -0.15) is 0 Å². The number of aliphatic hydroxyl groups excluding tert-OH is 1. The Bertz CT molecular complexity index is 377. The Morgan fingerprint density at radius 1 is 1.47 bits per heavy atom. The van der Waals surface area contributed by atoms with Crippen molar-refractivity contribution >= 4 is 0 Å². The lowest BCUT2D eigenvalue weighted by Gasteiger charge is -2.17. The summed E-state index contributed by atoms with van der Waals surface area (Å²) in [7, 11) is 1.52. The Kier molecular flexibility index (Phi) is 3.86. The van der Waals surface area contributed by atoms with Gasteiger partial charge in [0.1, 0.15) is 0 Å². The largest absolute Gasteiger partial charge is 0.504 e. The summed E-state index contributed by atoms with van der Waals surface area (Å²) < 4.78 is 4.99. The highest BCUT2D eigenvalue weighted by Crippen LogP contribution is 2.31. The number of aliphatic hydroxyl groups is 1. The lowest BCUT2D eigenvalue weighted by atomic mass is 10.1. The van der Waals surface area contributed by atoms with Crippen LogP contribution in [-0.4, -0.2) is 30.5 Å². The highest BCUT2D eigenvalue weighted by atomic mass is 16.5. The van der Waals surface area contributed by atoms with Crippen molar-refractivity contribution in [1.82, 2.24) is 5.32 Å². The zero-order chi connectivity index (χ0) is 12.3. The second kappa shape index (κ2) is 5.38. The molecule has 17 heavy (non-hydrogen) atoms. The van der Waals surface area contributed by atoms with E-state index in [9.17, 15) is 10.2 Å². The van der Waals surface area contributed by atoms with Crippen molar-refractivity contribution in [3.8, 4) is 11.5 Å². The standard InChI is InChI=1S/C13H19NO3/c1-17-13-5-4-10(6-12(13)16)11(8-15)14-7-9-2-3-9/h4-6,9,11,14-16H,2-3,7-8H2,1H3. The second-order valence-electron chi connectivity index (χ2n) is 4.52. The number of nitrogens with one attached hydrogen (secondary N) is 1. The molecule has 0 aliphatic heterocycles. The number of rotatable bonds is 6. The molecule has 1 unspecified atom stereocenters. The maximum atomic E-state index is 9.69. The Labute approximate surface area is 101 Å². The molecule has 4 heteroatoms. The molecular formula is C13H19NO3. The zero-order valence-electron chi connectivity index (χ0n) is 10.0. The van der Waals surface area contributed by atoms with E-state index < -0.39 is 0 Å². The van der Waals surface area contributed by atoms with E-state index in [0.29, 0.717) is 5.75 Å². The van der Waals surface area contributed by atoms with Gasteiger partial charge < -0.3 is 20.3 Å². The summed E-state index contributed by atoms with van der Waals surface area (Å²) in [4.78, 5) is 0. The van der Waals surface area contributed by atoms with Crippen LogP contribution in [0.5, 0.6) is 11.5 Å². The molecule has 2 rings (SSSR count). The summed E-state index contributed by atoms with van der Waals surface area (Å²) in [6.45, 7) is 0.955. The van der Waals surface area contributed by atoms with Crippen molar-refractivity contribution in [2.75, 3.05) is 20.3 Å². The average Bonchev–Trinajstić information content (AvgIpc) is 3.14. The van der Waals surface area contributed by atoms with Gasteiger partial charge in [-0.25, -0.2) is 0 Å². The van der Waals surface area contributed by atoms with Crippen LogP contribution >= 0.6 is 0 Å². The van der Waals surface area contributed by atoms with Crippen molar-refractivity contribution in [3.63, 3.8) is 0 Å². The normalized spacial score (nSPS) is 16.8. The van der Waals surface area contributed by atoms with Crippen LogP contribution in [0.15, 0.2) is 18.2 Å². The van der Waals surface area contributed by atoms with Crippen LogP contribution in [0.25, 0.3) is 0 Å². The summed E-state index contributed by atoms with van der Waals surface area (Å²) in [6, 6.07) is 5.10. The minimum Gasteiger partial charge on any atom is -0.504 e. The molecule has 1 atom stereocenters. The number of phenolic OH excluding ortho intramolecular Hbond substituents is 1. The lowest BCUT2D eigenvalue weighted by Crippen LogP contribution is -2.26. The van der Waals surface area contributed by atoms with E-state index in [1.807, 2.05) is 6.07 Å². The highest BCUT2D eigenvalue weighted by Gasteiger charge is 2.22. The third-order valence-corrected chi connectivity index (χ3v) is 3.14. The van der Waals surface area contributed by atoms with Gasteiger partial charge in [-0.15, -0.1) is 0 Å². The Hall–Kier alpha value is -1.26. The van der Waals surface area contributed by atoms with Crippen molar-refractivity contribution in [2.45, 2.75) is 18.9 Å². The third-order valence-electron chi connectivity index (χ3n) is 3.14. The van der Waals surface area contributed by atoms with Crippen LogP contribution in [0.2, 0.25) is 0 Å². The second-order valence-corrected chi connectivity index (χ2v) is 4.52. The number of ether oxygens (including phenoxy) is 1. The molecule has 1 aliphatic carbocycles. The summed E-state index contributed by atoms with van der Waals surface area (Å²) >= 11 is 0. The van der Waals surface area contributed by atoms with E-state index in [1.54, 1.807) is 12.1 Å². The summed E-state index contributed by atoms with van der Waals surface area (Å²) in [5.41, 5.74) is 0.881. The molecule has 0 heterocycles. The first-order valence-electron chi connectivity index (χ1n) is 5.95. The van der Waals surface area contributed by atoms with Gasteiger partial charge in [0.25, 0.3) is 0 Å². The van der Waals surface area contributed by atoms with E-state index >= 15 is 0 Å². The molecule has 0 aromatic heterocycles. The highest BCUT2D eigenvalue weighted by molar-refractivity contribution is 5.42. The fourth-order valence-electron chi connectivity index (χ4n) is 1.84. The summed E-state index contributed by atoms with van der Waals surface area (Å²) in [5, 5.41) is 22.4. The van der Waals surface area contributed by atoms with Crippen LogP contribution in [0.1, 0.15) is 24.4 Å². The lowest BCUT2D eigenvalue weighted by molar-refractivity contribution is 0.243. The van der Waals surface area contributed by atoms with E-state index in [2.05, 4.69) is 5.32 Å². The first kappa shape index (κ1) is 12.2. The molecule has 0 spiro atoms. The predicted molar refractivity (Wildman–Crippen MR) is 65.2 cm³/mol. The van der Waals surface area contributed by atoms with Gasteiger partial charge in [-0.3, -0.25) is 0 Å². The van der Waals surface area contributed by atoms with Gasteiger partial charge in [-0.1, -0.05) is 6.07 Å². The van der Waals surface area contributed by atoms with Crippen LogP contribution in [0.3, 0.4) is 0 Å². The van der Waals surface area contributed by atoms with Crippen LogP contribution in [-0.2, 0) is 0 Å². The number of phenols is 1. The number of hydrogen-bond donors (Lipinski definition) is 3. The SMILES string of the molecule is COc1ccc(C(CO)NCC2CC2)cc1O. The fraction of sp³-hybridized carbons (Fsp3) is 0.538. The molecule has 1 saturated carbocycles. The van der Waals surface area contributed by atoms with Gasteiger partial charge in [0.15, 0.2) is 11.5 Å². The minimum atomic E-state index is -0.118. The maximum absolute atomic E-state index is 9.69. The molecule has 0 bridgehead atoms. The van der Waals surface area contributed by atoms with Crippen LogP contribution in [0.4, 0.5) is 0 Å². The molecule has 1 aliphatic rings. The zero-order valence-corrected chi connectivity index (χ0v) is 10.0. The molecule has 0 radical (unpaired) electrons. The number of methoxy groups -OCH3 is 1. The van der Waals surface area contributed by atoms with Gasteiger partial charge in [0.2, 0.25) is 0 Å². The molecule has 4 nitrogen and oxygen atoms in total. The van der Waals surface area contributed by atoms with Crippen LogP contribution < -0.4 is 10.1 Å². The quantitative estimate of drug-likeness (QED) is 0.700. The van der Waals surface area contributed by atoms with Crippen molar-refractivity contribution in [2.24, 2.45) is 5.92 Å². The Morgan fingerprint density at radius 2 is 2.24 bits per heavy atom. The Balaban J connectivity index is 2.03. The van der Waals surface area contributed by atoms with E-state index in [1.165, 1.54) is 20.0 Å². The predicted octanol–water partition coefficient (Wildman–Crippen LogP) is 1.43. The van der Waals surface area contributed by atoms with E-state index in [4.69, 9.17) is 4.74 Å². The average molecular weight is 237 g/mol. The summed E-state index contributed by atoms with van der Waals surface area (Å²) in [5.74, 6) is 1.32. The molecular weight excluding hydrogens is 218 g/mol. The number of benzene rings is 1. The van der Waals surface area contributed by atoms with Crippen molar-refractivity contribution in [3.05, 3.63) is 23.8 Å². The molecule has 0 amide bonds. The molecule has 94 valence electrons. The monoisotopic (exact) mass is 237 g/mol. The van der Waals surface area contributed by atoms with Gasteiger partial charge in [0.05, 0.1) is 19.8 Å². The van der Waals surface area contributed by atoms with Gasteiger partial charge in [-0.05, 0) is 43.0 Å². The smallest absolute Gasteiger partial charge is 0.160 e.